The molecule has 0 atom stereocenters. The van der Waals surface area contributed by atoms with E-state index >= 15 is 0 Å². The van der Waals surface area contributed by atoms with Crippen molar-refractivity contribution in [3.63, 3.8) is 0 Å². The van der Waals surface area contributed by atoms with Gasteiger partial charge in [-0.3, -0.25) is 4.79 Å². The van der Waals surface area contributed by atoms with Crippen molar-refractivity contribution in [2.75, 3.05) is 6.79 Å². The Morgan fingerprint density at radius 2 is 1.76 bits per heavy atom. The Hall–Kier alpha value is -3.54. The number of alkyl halides is 3. The minimum atomic E-state index is -4.79. The first-order valence-corrected chi connectivity index (χ1v) is 13.1. The van der Waals surface area contributed by atoms with E-state index in [9.17, 15) is 26.4 Å². The van der Waals surface area contributed by atoms with Crippen LogP contribution in [0.5, 0.6) is 11.5 Å². The quantitative estimate of drug-likeness (QED) is 0.328. The number of hydrogen-bond donors (Lipinski definition) is 1. The van der Waals surface area contributed by atoms with E-state index in [1.54, 1.807) is 36.4 Å². The van der Waals surface area contributed by atoms with Crippen LogP contribution in [-0.2, 0) is 29.3 Å². The van der Waals surface area contributed by atoms with Gasteiger partial charge in [0.1, 0.15) is 4.90 Å². The van der Waals surface area contributed by atoms with Crippen LogP contribution in [0, 0.1) is 6.92 Å². The second-order valence-corrected chi connectivity index (χ2v) is 11.1. The van der Waals surface area contributed by atoms with Crippen LogP contribution in [0.4, 0.5) is 13.2 Å². The summed E-state index contributed by atoms with van der Waals surface area (Å²) < 4.78 is 79.5. The Labute approximate surface area is 220 Å². The minimum Gasteiger partial charge on any atom is -0.454 e. The van der Waals surface area contributed by atoms with E-state index in [0.29, 0.717) is 40.1 Å². The number of nitrogens with zero attached hydrogens (tertiary/aromatic N) is 1. The van der Waals surface area contributed by atoms with Crippen molar-refractivity contribution in [2.24, 2.45) is 0 Å². The molecule has 0 aliphatic carbocycles. The van der Waals surface area contributed by atoms with E-state index in [0.717, 1.165) is 15.9 Å². The molecule has 0 saturated heterocycles. The third-order valence-corrected chi connectivity index (χ3v) is 8.46. The predicted molar refractivity (Wildman–Crippen MR) is 135 cm³/mol. The molecule has 2 heterocycles. The third-order valence-electron chi connectivity index (χ3n) is 6.18. The molecule has 4 aromatic rings. The van der Waals surface area contributed by atoms with Crippen LogP contribution < -0.4 is 15.0 Å². The molecule has 1 aromatic heterocycles. The fourth-order valence-corrected chi connectivity index (χ4v) is 6.13. The Balaban J connectivity index is 1.61. The highest BCUT2D eigenvalue weighted by molar-refractivity contribution is 7.89. The number of sulfonamides is 1. The lowest BCUT2D eigenvalue weighted by molar-refractivity contribution is -0.137. The highest BCUT2D eigenvalue weighted by atomic mass is 35.5. The number of pyridine rings is 1. The van der Waals surface area contributed by atoms with E-state index in [2.05, 4.69) is 4.98 Å². The molecule has 0 fully saturated rings. The molecule has 1 N–H and O–H groups in total. The monoisotopic (exact) mass is 564 g/mol. The number of ether oxygens (including phenoxy) is 2. The number of aryl methyl sites for hydroxylation is 1. The summed E-state index contributed by atoms with van der Waals surface area (Å²) in [5, 5.41) is 0.300. The van der Waals surface area contributed by atoms with Crippen LogP contribution in [0.3, 0.4) is 0 Å². The lowest BCUT2D eigenvalue weighted by Gasteiger charge is -2.24. The van der Waals surface area contributed by atoms with Crippen molar-refractivity contribution in [1.29, 1.82) is 0 Å². The number of benzene rings is 3. The van der Waals surface area contributed by atoms with E-state index in [4.69, 9.17) is 21.1 Å². The highest BCUT2D eigenvalue weighted by Gasteiger charge is 2.35. The molecule has 0 spiro atoms. The van der Waals surface area contributed by atoms with Crippen molar-refractivity contribution >= 4 is 32.5 Å². The van der Waals surface area contributed by atoms with Gasteiger partial charge in [-0.15, -0.1) is 0 Å². The summed E-state index contributed by atoms with van der Waals surface area (Å²) in [5.41, 5.74) is 0.318. The zero-order chi connectivity index (χ0) is 27.2. The molecule has 1 aliphatic heterocycles. The van der Waals surface area contributed by atoms with Crippen LogP contribution in [0.15, 0.2) is 70.4 Å². The van der Waals surface area contributed by atoms with Gasteiger partial charge in [0.15, 0.2) is 11.5 Å². The number of fused-ring (bicyclic) bond motifs is 2. The fourth-order valence-electron chi connectivity index (χ4n) is 4.22. The van der Waals surface area contributed by atoms with Crippen molar-refractivity contribution in [3.8, 4) is 11.5 Å². The van der Waals surface area contributed by atoms with Crippen molar-refractivity contribution < 1.29 is 31.1 Å². The van der Waals surface area contributed by atoms with Crippen LogP contribution in [0.25, 0.3) is 10.9 Å². The summed E-state index contributed by atoms with van der Waals surface area (Å²) in [6.45, 7) is 1.12. The summed E-state index contributed by atoms with van der Waals surface area (Å²) in [4.78, 5) is 15.0. The molecule has 7 nitrogen and oxygen atoms in total. The average molecular weight is 565 g/mol. The SMILES string of the molecule is Cc1cccc2cc(CN(Cc3ccc4c(c3)OCO4)S(=O)(=O)c3cc(C(F)(F)F)ccc3Cl)c(=O)[nH]c12. The van der Waals surface area contributed by atoms with Gasteiger partial charge >= 0.3 is 6.18 Å². The molecule has 0 amide bonds. The van der Waals surface area contributed by atoms with E-state index < -0.39 is 38.8 Å². The number of nitrogens with one attached hydrogen (secondary N) is 1. The molecule has 0 unspecified atom stereocenters. The van der Waals surface area contributed by atoms with Gasteiger partial charge < -0.3 is 14.5 Å². The molecule has 198 valence electrons. The Bertz CT molecular complexity index is 1720. The molecule has 0 radical (unpaired) electrons. The maximum atomic E-state index is 13.8. The van der Waals surface area contributed by atoms with Gasteiger partial charge in [0.2, 0.25) is 16.8 Å². The molecular weight excluding hydrogens is 545 g/mol. The fraction of sp³-hybridized carbons (Fsp3) is 0.192. The van der Waals surface area contributed by atoms with E-state index in [1.807, 2.05) is 13.0 Å². The largest absolute Gasteiger partial charge is 0.454 e. The van der Waals surface area contributed by atoms with Gasteiger partial charge in [-0.1, -0.05) is 35.9 Å². The van der Waals surface area contributed by atoms with Gasteiger partial charge in [0, 0.05) is 18.7 Å². The number of halogens is 4. The van der Waals surface area contributed by atoms with Gasteiger partial charge in [-0.25, -0.2) is 8.42 Å². The first kappa shape index (κ1) is 26.1. The van der Waals surface area contributed by atoms with Gasteiger partial charge in [0.25, 0.3) is 5.56 Å². The minimum absolute atomic E-state index is 0.00647. The third kappa shape index (κ3) is 4.96. The summed E-state index contributed by atoms with van der Waals surface area (Å²) in [5.74, 6) is 0.876. The topological polar surface area (TPSA) is 88.7 Å². The number of H-pyrrole nitrogens is 1. The summed E-state index contributed by atoms with van der Waals surface area (Å²) >= 11 is 6.11. The first-order valence-electron chi connectivity index (χ1n) is 11.3. The average Bonchev–Trinajstić information content (AvgIpc) is 3.32. The predicted octanol–water partition coefficient (Wildman–Crippen LogP) is 5.63. The van der Waals surface area contributed by atoms with E-state index in [1.165, 1.54) is 0 Å². The van der Waals surface area contributed by atoms with Crippen LogP contribution in [-0.4, -0.2) is 24.5 Å². The molecule has 38 heavy (non-hydrogen) atoms. The molecule has 12 heteroatoms. The van der Waals surface area contributed by atoms with Gasteiger partial charge in [-0.2, -0.15) is 17.5 Å². The van der Waals surface area contributed by atoms with Crippen LogP contribution in [0.2, 0.25) is 5.02 Å². The Morgan fingerprint density at radius 3 is 2.53 bits per heavy atom. The number of hydrogen-bond acceptors (Lipinski definition) is 5. The van der Waals surface area contributed by atoms with Crippen molar-refractivity contribution in [1.82, 2.24) is 9.29 Å². The maximum absolute atomic E-state index is 13.8. The summed E-state index contributed by atoms with van der Waals surface area (Å²) in [7, 11) is -4.63. The standard InChI is InChI=1S/C26H20ClF3N2O5S/c1-15-3-2-4-17-10-18(25(33)31-24(15)17)13-32(12-16-5-8-21-22(9-16)37-14-36-21)38(34,35)23-11-19(26(28,29)30)6-7-20(23)27/h2-11H,12-14H2,1H3,(H,31,33). The summed E-state index contributed by atoms with van der Waals surface area (Å²) in [6.07, 6.45) is -4.79. The van der Waals surface area contributed by atoms with Crippen LogP contribution in [0.1, 0.15) is 22.3 Å². The number of aromatic nitrogens is 1. The number of aromatic amines is 1. The molecular formula is C26H20ClF3N2O5S. The molecule has 3 aromatic carbocycles. The van der Waals surface area contributed by atoms with E-state index in [-0.39, 0.29) is 23.9 Å². The second kappa shape index (κ2) is 9.64. The molecule has 1 aliphatic rings. The Kier molecular flexibility index (Phi) is 6.62. The smallest absolute Gasteiger partial charge is 0.416 e. The normalized spacial score (nSPS) is 13.4. The maximum Gasteiger partial charge on any atom is 0.416 e. The lowest BCUT2D eigenvalue weighted by Crippen LogP contribution is -2.33. The van der Waals surface area contributed by atoms with Gasteiger partial charge in [0.05, 0.1) is 16.1 Å². The van der Waals surface area contributed by atoms with Crippen molar-refractivity contribution in [3.05, 3.63) is 98.3 Å². The summed E-state index contributed by atoms with van der Waals surface area (Å²) in [6, 6.07) is 13.8. The highest BCUT2D eigenvalue weighted by Crippen LogP contribution is 2.36. The Morgan fingerprint density at radius 1 is 1.00 bits per heavy atom. The van der Waals surface area contributed by atoms with Crippen molar-refractivity contribution in [2.45, 2.75) is 31.1 Å². The molecule has 5 rings (SSSR count). The zero-order valence-corrected chi connectivity index (χ0v) is 21.4. The second-order valence-electron chi connectivity index (χ2n) is 8.77. The van der Waals surface area contributed by atoms with Crippen LogP contribution >= 0.6 is 11.6 Å². The lowest BCUT2D eigenvalue weighted by atomic mass is 10.1. The first-order chi connectivity index (χ1) is 17.9. The number of rotatable bonds is 6. The zero-order valence-electron chi connectivity index (χ0n) is 19.8. The molecule has 0 bridgehead atoms. The molecule has 0 saturated carbocycles. The number of para-hydroxylation sites is 1. The van der Waals surface area contributed by atoms with Gasteiger partial charge in [-0.05, 0) is 59.8 Å².